The number of carbonyl (C=O) groups is 1. The van der Waals surface area contributed by atoms with Gasteiger partial charge in [-0.25, -0.2) is 0 Å². The van der Waals surface area contributed by atoms with Gasteiger partial charge in [0.2, 0.25) is 0 Å². The number of benzene rings is 1. The Bertz CT molecular complexity index is 450. The highest BCUT2D eigenvalue weighted by molar-refractivity contribution is 7.99. The van der Waals surface area contributed by atoms with E-state index in [1.165, 1.54) is 0 Å². The quantitative estimate of drug-likeness (QED) is 0.838. The van der Waals surface area contributed by atoms with E-state index in [0.717, 1.165) is 22.9 Å². The van der Waals surface area contributed by atoms with E-state index in [0.29, 0.717) is 18.2 Å². The van der Waals surface area contributed by atoms with Crippen molar-refractivity contribution in [3.8, 4) is 0 Å². The van der Waals surface area contributed by atoms with Gasteiger partial charge in [-0.1, -0.05) is 18.5 Å². The van der Waals surface area contributed by atoms with Gasteiger partial charge in [-0.15, -0.1) is 11.8 Å². The van der Waals surface area contributed by atoms with Crippen molar-refractivity contribution < 1.29 is 9.53 Å². The highest BCUT2D eigenvalue weighted by Gasteiger charge is 2.22. The van der Waals surface area contributed by atoms with Crippen molar-refractivity contribution in [1.82, 2.24) is 5.32 Å². The molecule has 0 bridgehead atoms. The van der Waals surface area contributed by atoms with Crippen LogP contribution in [0.25, 0.3) is 0 Å². The third-order valence-electron chi connectivity index (χ3n) is 2.72. The third-order valence-corrected chi connectivity index (χ3v) is 3.91. The molecule has 0 aliphatic carbocycles. The highest BCUT2D eigenvalue weighted by atomic mass is 35.5. The molecule has 1 saturated heterocycles. The van der Waals surface area contributed by atoms with E-state index in [1.807, 2.05) is 12.1 Å². The number of nitrogens with one attached hydrogen (secondary N) is 2. The van der Waals surface area contributed by atoms with Gasteiger partial charge in [0.25, 0.3) is 5.91 Å². The van der Waals surface area contributed by atoms with Gasteiger partial charge < -0.3 is 15.4 Å². The standard InChI is InChI=1S/C13H17ClN2O2S/c1-2-19-12-4-3-9(14)7-10(12)16-13(17)11-8-15-5-6-18-11/h3-4,7,11,15H,2,5-6,8H2,1H3,(H,16,17). The van der Waals surface area contributed by atoms with Crippen LogP contribution in [0.2, 0.25) is 5.02 Å². The lowest BCUT2D eigenvalue weighted by atomic mass is 10.2. The minimum Gasteiger partial charge on any atom is -0.366 e. The minimum atomic E-state index is -0.438. The van der Waals surface area contributed by atoms with Crippen molar-refractivity contribution in [2.24, 2.45) is 0 Å². The molecule has 1 amide bonds. The van der Waals surface area contributed by atoms with Crippen LogP contribution in [0.4, 0.5) is 5.69 Å². The summed E-state index contributed by atoms with van der Waals surface area (Å²) in [5.41, 5.74) is 0.749. The van der Waals surface area contributed by atoms with Gasteiger partial charge in [-0.3, -0.25) is 4.79 Å². The first kappa shape index (κ1) is 14.7. The smallest absolute Gasteiger partial charge is 0.254 e. The maximum absolute atomic E-state index is 12.1. The van der Waals surface area contributed by atoms with Gasteiger partial charge in [0.15, 0.2) is 0 Å². The van der Waals surface area contributed by atoms with E-state index in [4.69, 9.17) is 16.3 Å². The van der Waals surface area contributed by atoms with Crippen molar-refractivity contribution in [2.75, 3.05) is 30.8 Å². The Labute approximate surface area is 122 Å². The van der Waals surface area contributed by atoms with Gasteiger partial charge in [0.1, 0.15) is 6.10 Å². The molecule has 1 unspecified atom stereocenters. The summed E-state index contributed by atoms with van der Waals surface area (Å²) >= 11 is 7.65. The van der Waals surface area contributed by atoms with Gasteiger partial charge in [-0.05, 0) is 24.0 Å². The largest absolute Gasteiger partial charge is 0.366 e. The maximum atomic E-state index is 12.1. The van der Waals surface area contributed by atoms with E-state index in [-0.39, 0.29) is 5.91 Å². The molecule has 0 aromatic heterocycles. The number of ether oxygens (including phenoxy) is 1. The second-order valence-electron chi connectivity index (χ2n) is 4.13. The molecule has 0 radical (unpaired) electrons. The number of rotatable bonds is 4. The summed E-state index contributed by atoms with van der Waals surface area (Å²) in [5.74, 6) is 0.804. The summed E-state index contributed by atoms with van der Waals surface area (Å²) in [6, 6.07) is 5.52. The number of morpholine rings is 1. The molecule has 1 aromatic carbocycles. The molecule has 1 aromatic rings. The predicted molar refractivity (Wildman–Crippen MR) is 79.1 cm³/mol. The fraction of sp³-hybridized carbons (Fsp3) is 0.462. The fourth-order valence-corrected chi connectivity index (χ4v) is 2.74. The lowest BCUT2D eigenvalue weighted by molar-refractivity contribution is -0.128. The van der Waals surface area contributed by atoms with Crippen LogP contribution in [0, 0.1) is 0 Å². The van der Waals surface area contributed by atoms with Gasteiger partial charge in [0.05, 0.1) is 12.3 Å². The summed E-state index contributed by atoms with van der Waals surface area (Å²) < 4.78 is 5.43. The first-order chi connectivity index (χ1) is 9.20. The number of halogens is 1. The Kier molecular flexibility index (Phi) is 5.51. The number of amides is 1. The first-order valence-electron chi connectivity index (χ1n) is 6.26. The topological polar surface area (TPSA) is 50.4 Å². The van der Waals surface area contributed by atoms with Crippen molar-refractivity contribution >= 4 is 35.0 Å². The summed E-state index contributed by atoms with van der Waals surface area (Å²) in [6.45, 7) is 3.96. The Morgan fingerprint density at radius 1 is 1.63 bits per heavy atom. The summed E-state index contributed by atoms with van der Waals surface area (Å²) in [5, 5.41) is 6.64. The van der Waals surface area contributed by atoms with Gasteiger partial charge >= 0.3 is 0 Å². The van der Waals surface area contributed by atoms with Crippen molar-refractivity contribution in [3.63, 3.8) is 0 Å². The van der Waals surface area contributed by atoms with E-state index >= 15 is 0 Å². The first-order valence-corrected chi connectivity index (χ1v) is 7.62. The number of anilines is 1. The van der Waals surface area contributed by atoms with Crippen LogP contribution in [-0.4, -0.2) is 37.5 Å². The molecule has 0 saturated carbocycles. The zero-order chi connectivity index (χ0) is 13.7. The fourth-order valence-electron chi connectivity index (χ4n) is 1.83. The molecule has 0 spiro atoms. The van der Waals surface area contributed by atoms with Crippen molar-refractivity contribution in [2.45, 2.75) is 17.9 Å². The van der Waals surface area contributed by atoms with Crippen LogP contribution in [0.3, 0.4) is 0 Å². The molecule has 4 nitrogen and oxygen atoms in total. The van der Waals surface area contributed by atoms with Crippen molar-refractivity contribution in [1.29, 1.82) is 0 Å². The molecule has 1 aliphatic heterocycles. The Morgan fingerprint density at radius 2 is 2.47 bits per heavy atom. The second kappa shape index (κ2) is 7.14. The Balaban J connectivity index is 2.08. The molecule has 19 heavy (non-hydrogen) atoms. The van der Waals surface area contributed by atoms with E-state index in [2.05, 4.69) is 17.6 Å². The Morgan fingerprint density at radius 3 is 3.16 bits per heavy atom. The lowest BCUT2D eigenvalue weighted by Gasteiger charge is -2.23. The van der Waals surface area contributed by atoms with Crippen LogP contribution in [0.15, 0.2) is 23.1 Å². The molecular weight excluding hydrogens is 284 g/mol. The molecule has 1 heterocycles. The summed E-state index contributed by atoms with van der Waals surface area (Å²) in [4.78, 5) is 13.1. The molecule has 1 aliphatic rings. The monoisotopic (exact) mass is 300 g/mol. The molecule has 1 fully saturated rings. The molecule has 104 valence electrons. The number of thioether (sulfide) groups is 1. The maximum Gasteiger partial charge on any atom is 0.254 e. The van der Waals surface area contributed by atoms with Gasteiger partial charge in [0, 0.05) is 23.0 Å². The molecule has 2 N–H and O–H groups in total. The normalized spacial score (nSPS) is 19.2. The second-order valence-corrected chi connectivity index (χ2v) is 5.87. The molecule has 1 atom stereocenters. The van der Waals surface area contributed by atoms with Crippen LogP contribution >= 0.6 is 23.4 Å². The predicted octanol–water partition coefficient (Wildman–Crippen LogP) is 2.38. The number of hydrogen-bond donors (Lipinski definition) is 2. The van der Waals surface area contributed by atoms with Crippen LogP contribution < -0.4 is 10.6 Å². The zero-order valence-electron chi connectivity index (χ0n) is 10.7. The van der Waals surface area contributed by atoms with Crippen LogP contribution in [0.1, 0.15) is 6.92 Å². The molecular formula is C13H17ClN2O2S. The van der Waals surface area contributed by atoms with Crippen LogP contribution in [0.5, 0.6) is 0 Å². The zero-order valence-corrected chi connectivity index (χ0v) is 12.3. The molecule has 6 heteroatoms. The number of hydrogen-bond acceptors (Lipinski definition) is 4. The Hall–Kier alpha value is -0.750. The lowest BCUT2D eigenvalue weighted by Crippen LogP contribution is -2.45. The van der Waals surface area contributed by atoms with Crippen molar-refractivity contribution in [3.05, 3.63) is 23.2 Å². The SMILES string of the molecule is CCSc1ccc(Cl)cc1NC(=O)C1CNCCO1. The summed E-state index contributed by atoms with van der Waals surface area (Å²) in [6.07, 6.45) is -0.438. The van der Waals surface area contributed by atoms with E-state index in [9.17, 15) is 4.79 Å². The highest BCUT2D eigenvalue weighted by Crippen LogP contribution is 2.30. The summed E-state index contributed by atoms with van der Waals surface area (Å²) in [7, 11) is 0. The third kappa shape index (κ3) is 4.11. The van der Waals surface area contributed by atoms with Gasteiger partial charge in [-0.2, -0.15) is 0 Å². The van der Waals surface area contributed by atoms with Crippen LogP contribution in [-0.2, 0) is 9.53 Å². The average molecular weight is 301 g/mol. The average Bonchev–Trinajstić information content (AvgIpc) is 2.43. The molecule has 2 rings (SSSR count). The van der Waals surface area contributed by atoms with E-state index < -0.39 is 6.10 Å². The minimum absolute atomic E-state index is 0.132. The number of carbonyl (C=O) groups excluding carboxylic acids is 1. The van der Waals surface area contributed by atoms with E-state index in [1.54, 1.807) is 17.8 Å².